The minimum absolute atomic E-state index is 0.323. The number of hydrogen-bond acceptors (Lipinski definition) is 2. The number of amides is 1. The van der Waals surface area contributed by atoms with Crippen LogP contribution in [0.2, 0.25) is 0 Å². The molecule has 16 heavy (non-hydrogen) atoms. The van der Waals surface area contributed by atoms with Gasteiger partial charge in [-0.2, -0.15) is 0 Å². The van der Waals surface area contributed by atoms with Crippen molar-refractivity contribution in [1.29, 1.82) is 0 Å². The van der Waals surface area contributed by atoms with Gasteiger partial charge in [-0.25, -0.2) is 0 Å². The summed E-state index contributed by atoms with van der Waals surface area (Å²) in [5, 5.41) is 3.30. The topological polar surface area (TPSA) is 32.3 Å². The molecule has 3 heteroatoms. The first-order valence-corrected chi connectivity index (χ1v) is 6.53. The van der Waals surface area contributed by atoms with Gasteiger partial charge in [0.2, 0.25) is 5.91 Å². The lowest BCUT2D eigenvalue weighted by atomic mass is 10.2. The predicted octanol–water partition coefficient (Wildman–Crippen LogP) is 2.02. The first-order valence-electron chi connectivity index (χ1n) is 6.53. The minimum Gasteiger partial charge on any atom is -0.339 e. The Balaban J connectivity index is 2.30. The zero-order valence-electron chi connectivity index (χ0n) is 11.1. The number of hydrogen-bond donors (Lipinski definition) is 1. The quantitative estimate of drug-likeness (QED) is 0.720. The highest BCUT2D eigenvalue weighted by molar-refractivity contribution is 5.77. The monoisotopic (exact) mass is 226 g/mol. The van der Waals surface area contributed by atoms with Gasteiger partial charge in [0, 0.05) is 31.6 Å². The molecule has 1 aliphatic carbocycles. The molecule has 3 nitrogen and oxygen atoms in total. The van der Waals surface area contributed by atoms with Crippen molar-refractivity contribution in [2.45, 2.75) is 59.0 Å². The average molecular weight is 226 g/mol. The largest absolute Gasteiger partial charge is 0.339 e. The molecule has 94 valence electrons. The molecule has 0 aromatic heterocycles. The van der Waals surface area contributed by atoms with E-state index in [9.17, 15) is 4.79 Å². The molecule has 0 saturated heterocycles. The molecule has 0 atom stereocenters. The van der Waals surface area contributed by atoms with Gasteiger partial charge < -0.3 is 10.2 Å². The van der Waals surface area contributed by atoms with Gasteiger partial charge in [0.25, 0.3) is 0 Å². The second kappa shape index (κ2) is 6.24. The second-order valence-corrected chi connectivity index (χ2v) is 5.53. The minimum atomic E-state index is 0.323. The van der Waals surface area contributed by atoms with Gasteiger partial charge in [-0.05, 0) is 18.8 Å². The van der Waals surface area contributed by atoms with Crippen molar-refractivity contribution in [2.24, 2.45) is 5.92 Å². The van der Waals surface area contributed by atoms with E-state index < -0.39 is 0 Å². The molecule has 0 radical (unpaired) electrons. The Bertz CT molecular complexity index is 222. The van der Waals surface area contributed by atoms with Crippen LogP contribution in [0.25, 0.3) is 0 Å². The summed E-state index contributed by atoms with van der Waals surface area (Å²) in [5.74, 6) is 0.895. The Hall–Kier alpha value is -0.570. The van der Waals surface area contributed by atoms with Gasteiger partial charge >= 0.3 is 0 Å². The first kappa shape index (κ1) is 13.5. The molecule has 0 aliphatic heterocycles. The molecule has 0 bridgehead atoms. The van der Waals surface area contributed by atoms with E-state index in [1.54, 1.807) is 0 Å². The maximum Gasteiger partial charge on any atom is 0.224 e. The summed E-state index contributed by atoms with van der Waals surface area (Å²) in [6.07, 6.45) is 3.05. The molecule has 0 heterocycles. The number of carbonyl (C=O) groups excluding carboxylic acids is 1. The Labute approximate surface area is 99.6 Å². The van der Waals surface area contributed by atoms with Crippen LogP contribution in [0.4, 0.5) is 0 Å². The van der Waals surface area contributed by atoms with Crippen molar-refractivity contribution in [3.05, 3.63) is 0 Å². The van der Waals surface area contributed by atoms with E-state index >= 15 is 0 Å². The van der Waals surface area contributed by atoms with Crippen LogP contribution in [0, 0.1) is 5.92 Å². The molecule has 1 rings (SSSR count). The maximum absolute atomic E-state index is 12.0. The number of carbonyl (C=O) groups is 1. The van der Waals surface area contributed by atoms with Crippen molar-refractivity contribution in [3.63, 3.8) is 0 Å². The van der Waals surface area contributed by atoms with Crippen LogP contribution in [0.15, 0.2) is 0 Å². The van der Waals surface area contributed by atoms with Crippen LogP contribution < -0.4 is 5.32 Å². The molecule has 1 N–H and O–H groups in total. The van der Waals surface area contributed by atoms with Crippen LogP contribution in [0.3, 0.4) is 0 Å². The summed E-state index contributed by atoms with van der Waals surface area (Å²) in [6, 6.07) is 1.02. The van der Waals surface area contributed by atoms with Crippen LogP contribution in [0.1, 0.15) is 47.0 Å². The third kappa shape index (κ3) is 4.97. The Kier molecular flexibility index (Phi) is 5.26. The van der Waals surface area contributed by atoms with Crippen molar-refractivity contribution in [1.82, 2.24) is 10.2 Å². The SMILES string of the molecule is CC(C)CN(C(=O)CCNC(C)C)C1CC1. The Morgan fingerprint density at radius 3 is 2.38 bits per heavy atom. The molecular formula is C13H26N2O. The van der Waals surface area contributed by atoms with Gasteiger partial charge in [0.15, 0.2) is 0 Å². The highest BCUT2D eigenvalue weighted by Crippen LogP contribution is 2.28. The third-order valence-electron chi connectivity index (χ3n) is 2.76. The smallest absolute Gasteiger partial charge is 0.224 e. The summed E-state index contributed by atoms with van der Waals surface area (Å²) >= 11 is 0. The molecule has 1 aliphatic rings. The van der Waals surface area contributed by atoms with Gasteiger partial charge in [-0.1, -0.05) is 27.7 Å². The van der Waals surface area contributed by atoms with Crippen LogP contribution in [-0.2, 0) is 4.79 Å². The van der Waals surface area contributed by atoms with E-state index in [1.165, 1.54) is 12.8 Å². The lowest BCUT2D eigenvalue weighted by molar-refractivity contribution is -0.132. The predicted molar refractivity (Wildman–Crippen MR) is 67.3 cm³/mol. The lowest BCUT2D eigenvalue weighted by Crippen LogP contribution is -2.38. The van der Waals surface area contributed by atoms with Crippen molar-refractivity contribution in [2.75, 3.05) is 13.1 Å². The van der Waals surface area contributed by atoms with E-state index in [0.29, 0.717) is 30.3 Å². The van der Waals surface area contributed by atoms with E-state index in [-0.39, 0.29) is 0 Å². The van der Waals surface area contributed by atoms with E-state index in [1.807, 2.05) is 0 Å². The van der Waals surface area contributed by atoms with Gasteiger partial charge in [0.05, 0.1) is 0 Å². The van der Waals surface area contributed by atoms with Crippen LogP contribution in [-0.4, -0.2) is 36.0 Å². The number of nitrogens with one attached hydrogen (secondary N) is 1. The first-order chi connectivity index (χ1) is 7.50. The molecule has 0 unspecified atom stereocenters. The molecular weight excluding hydrogens is 200 g/mol. The fourth-order valence-electron chi connectivity index (χ4n) is 1.85. The Morgan fingerprint density at radius 1 is 1.31 bits per heavy atom. The normalized spacial score (nSPS) is 15.9. The van der Waals surface area contributed by atoms with E-state index in [4.69, 9.17) is 0 Å². The van der Waals surface area contributed by atoms with E-state index in [2.05, 4.69) is 37.9 Å². The Morgan fingerprint density at radius 2 is 1.94 bits per heavy atom. The summed E-state index contributed by atoms with van der Waals surface area (Å²) < 4.78 is 0. The number of rotatable bonds is 7. The maximum atomic E-state index is 12.0. The summed E-state index contributed by atoms with van der Waals surface area (Å²) in [6.45, 7) is 10.3. The van der Waals surface area contributed by atoms with Crippen LogP contribution >= 0.6 is 0 Å². The summed E-state index contributed by atoms with van der Waals surface area (Å²) in [5.41, 5.74) is 0. The molecule has 0 aromatic rings. The van der Waals surface area contributed by atoms with E-state index in [0.717, 1.165) is 13.1 Å². The lowest BCUT2D eigenvalue weighted by Gasteiger charge is -2.24. The van der Waals surface area contributed by atoms with Gasteiger partial charge in [0.1, 0.15) is 0 Å². The number of nitrogens with zero attached hydrogens (tertiary/aromatic N) is 1. The fraction of sp³-hybridized carbons (Fsp3) is 0.923. The average Bonchev–Trinajstić information content (AvgIpc) is 2.96. The molecule has 1 saturated carbocycles. The molecule has 1 amide bonds. The highest BCUT2D eigenvalue weighted by atomic mass is 16.2. The fourth-order valence-corrected chi connectivity index (χ4v) is 1.85. The standard InChI is InChI=1S/C13H26N2O/c1-10(2)9-15(12-5-6-12)13(16)7-8-14-11(3)4/h10-12,14H,5-9H2,1-4H3. The van der Waals surface area contributed by atoms with Gasteiger partial charge in [-0.3, -0.25) is 4.79 Å². The van der Waals surface area contributed by atoms with Crippen molar-refractivity contribution >= 4 is 5.91 Å². The zero-order valence-corrected chi connectivity index (χ0v) is 11.1. The molecule has 0 spiro atoms. The van der Waals surface area contributed by atoms with Crippen molar-refractivity contribution < 1.29 is 4.79 Å². The third-order valence-corrected chi connectivity index (χ3v) is 2.76. The highest BCUT2D eigenvalue weighted by Gasteiger charge is 2.32. The van der Waals surface area contributed by atoms with Gasteiger partial charge in [-0.15, -0.1) is 0 Å². The summed E-state index contributed by atoms with van der Waals surface area (Å²) in [4.78, 5) is 14.1. The molecule has 0 aromatic carbocycles. The zero-order chi connectivity index (χ0) is 12.1. The van der Waals surface area contributed by atoms with Crippen molar-refractivity contribution in [3.8, 4) is 0 Å². The van der Waals surface area contributed by atoms with Crippen LogP contribution in [0.5, 0.6) is 0 Å². The summed E-state index contributed by atoms with van der Waals surface area (Å²) in [7, 11) is 0. The molecule has 1 fully saturated rings. The second-order valence-electron chi connectivity index (χ2n) is 5.53.